The van der Waals surface area contributed by atoms with Gasteiger partial charge >= 0.3 is 0 Å². The standard InChI is InChI=1S/C26H32N6O2/c1-16-12-23(30-17(2)25(16)34-15-18-8-4-3-5-9-18)32-22-13-19(14-29-24(22)26(28)33)31-21-11-7-6-10-20(21)27/h3-5,8-9,12-14,20-21,31H,6-7,10-11,15,27H2,1-2H3,(H2,28,33)(H,30,32). The Morgan fingerprint density at radius 3 is 2.62 bits per heavy atom. The number of benzene rings is 1. The SMILES string of the molecule is Cc1cc(Nc2cc(NC3CCCCC3N)cnc2C(N)=O)nc(C)c1OCc1ccccc1. The summed E-state index contributed by atoms with van der Waals surface area (Å²) in [6, 6.07) is 14.0. The number of nitrogens with zero attached hydrogens (tertiary/aromatic N) is 2. The van der Waals surface area contributed by atoms with Crippen molar-refractivity contribution in [1.82, 2.24) is 9.97 Å². The molecule has 34 heavy (non-hydrogen) atoms. The molecule has 178 valence electrons. The second-order valence-corrected chi connectivity index (χ2v) is 8.82. The lowest BCUT2D eigenvalue weighted by molar-refractivity contribution is 0.0996. The van der Waals surface area contributed by atoms with Gasteiger partial charge < -0.3 is 26.8 Å². The lowest BCUT2D eigenvalue weighted by atomic mass is 9.91. The zero-order valence-electron chi connectivity index (χ0n) is 19.7. The van der Waals surface area contributed by atoms with E-state index in [0.717, 1.165) is 53.9 Å². The highest BCUT2D eigenvalue weighted by molar-refractivity contribution is 5.97. The molecule has 0 spiro atoms. The summed E-state index contributed by atoms with van der Waals surface area (Å²) >= 11 is 0. The Kier molecular flexibility index (Phi) is 7.27. The van der Waals surface area contributed by atoms with E-state index in [4.69, 9.17) is 16.2 Å². The quantitative estimate of drug-likeness (QED) is 0.397. The molecule has 0 saturated heterocycles. The highest BCUT2D eigenvalue weighted by Crippen LogP contribution is 2.29. The van der Waals surface area contributed by atoms with Crippen LogP contribution in [0.5, 0.6) is 5.75 Å². The van der Waals surface area contributed by atoms with Gasteiger partial charge in [-0.2, -0.15) is 0 Å². The van der Waals surface area contributed by atoms with E-state index in [2.05, 4.69) is 20.6 Å². The smallest absolute Gasteiger partial charge is 0.269 e. The highest BCUT2D eigenvalue weighted by Gasteiger charge is 2.22. The molecule has 0 bridgehead atoms. The maximum atomic E-state index is 12.0. The van der Waals surface area contributed by atoms with Crippen LogP contribution >= 0.6 is 0 Å². The lowest BCUT2D eigenvalue weighted by Gasteiger charge is -2.30. The third kappa shape index (κ3) is 5.63. The van der Waals surface area contributed by atoms with Gasteiger partial charge in [0, 0.05) is 12.1 Å². The number of carbonyl (C=O) groups excluding carboxylic acids is 1. The number of carbonyl (C=O) groups is 1. The summed E-state index contributed by atoms with van der Waals surface area (Å²) in [6.45, 7) is 4.33. The van der Waals surface area contributed by atoms with Crippen LogP contribution in [0.4, 0.5) is 17.2 Å². The second-order valence-electron chi connectivity index (χ2n) is 8.82. The van der Waals surface area contributed by atoms with Gasteiger partial charge in [0.1, 0.15) is 18.2 Å². The van der Waals surface area contributed by atoms with Crippen molar-refractivity contribution in [3.05, 3.63) is 71.2 Å². The summed E-state index contributed by atoms with van der Waals surface area (Å²) < 4.78 is 6.04. The van der Waals surface area contributed by atoms with Crippen LogP contribution in [0.15, 0.2) is 48.7 Å². The minimum Gasteiger partial charge on any atom is -0.487 e. The van der Waals surface area contributed by atoms with Crippen molar-refractivity contribution < 1.29 is 9.53 Å². The Labute approximate surface area is 200 Å². The fourth-order valence-corrected chi connectivity index (χ4v) is 4.36. The molecule has 2 heterocycles. The van der Waals surface area contributed by atoms with Crippen molar-refractivity contribution >= 4 is 23.1 Å². The number of hydrogen-bond donors (Lipinski definition) is 4. The molecule has 6 N–H and O–H groups in total. The van der Waals surface area contributed by atoms with Crippen LogP contribution in [0.2, 0.25) is 0 Å². The molecular weight excluding hydrogens is 428 g/mol. The fraction of sp³-hybridized carbons (Fsp3) is 0.346. The van der Waals surface area contributed by atoms with E-state index >= 15 is 0 Å². The maximum Gasteiger partial charge on any atom is 0.269 e. The van der Waals surface area contributed by atoms with Crippen molar-refractivity contribution in [2.75, 3.05) is 10.6 Å². The molecule has 2 aromatic heterocycles. The molecule has 2 unspecified atom stereocenters. The van der Waals surface area contributed by atoms with Crippen LogP contribution in [-0.4, -0.2) is 28.0 Å². The molecule has 2 atom stereocenters. The Hall–Kier alpha value is -3.65. The van der Waals surface area contributed by atoms with Gasteiger partial charge in [-0.3, -0.25) is 4.79 Å². The van der Waals surface area contributed by atoms with Crippen LogP contribution in [0, 0.1) is 13.8 Å². The number of primary amides is 1. The minimum atomic E-state index is -0.611. The first-order chi connectivity index (χ1) is 16.4. The van der Waals surface area contributed by atoms with Gasteiger partial charge in [0.15, 0.2) is 5.69 Å². The largest absolute Gasteiger partial charge is 0.487 e. The molecule has 0 aliphatic heterocycles. The molecule has 1 fully saturated rings. The Balaban J connectivity index is 1.54. The molecule has 1 aromatic carbocycles. The summed E-state index contributed by atoms with van der Waals surface area (Å²) in [5, 5.41) is 6.69. The summed E-state index contributed by atoms with van der Waals surface area (Å²) in [5.74, 6) is 0.710. The number of nitrogens with one attached hydrogen (secondary N) is 2. The number of aromatic nitrogens is 2. The molecule has 1 saturated carbocycles. The van der Waals surface area contributed by atoms with Gasteiger partial charge in [0.05, 0.1) is 23.3 Å². The summed E-state index contributed by atoms with van der Waals surface area (Å²) in [7, 11) is 0. The van der Waals surface area contributed by atoms with Crippen molar-refractivity contribution in [1.29, 1.82) is 0 Å². The van der Waals surface area contributed by atoms with E-state index in [1.807, 2.05) is 56.3 Å². The van der Waals surface area contributed by atoms with E-state index in [1.165, 1.54) is 0 Å². The third-order valence-electron chi connectivity index (χ3n) is 6.11. The molecule has 4 rings (SSSR count). The second kappa shape index (κ2) is 10.5. The zero-order valence-corrected chi connectivity index (χ0v) is 19.7. The number of hydrogen-bond acceptors (Lipinski definition) is 7. The molecule has 0 radical (unpaired) electrons. The van der Waals surface area contributed by atoms with E-state index in [-0.39, 0.29) is 17.8 Å². The maximum absolute atomic E-state index is 12.0. The molecule has 1 amide bonds. The van der Waals surface area contributed by atoms with E-state index in [1.54, 1.807) is 6.20 Å². The van der Waals surface area contributed by atoms with Crippen LogP contribution in [0.3, 0.4) is 0 Å². The molecule has 1 aliphatic rings. The Morgan fingerprint density at radius 1 is 1.15 bits per heavy atom. The first-order valence-electron chi connectivity index (χ1n) is 11.6. The van der Waals surface area contributed by atoms with Crippen LogP contribution in [-0.2, 0) is 6.61 Å². The Morgan fingerprint density at radius 2 is 1.91 bits per heavy atom. The monoisotopic (exact) mass is 460 g/mol. The van der Waals surface area contributed by atoms with Gasteiger partial charge in [-0.05, 0) is 49.9 Å². The zero-order chi connectivity index (χ0) is 24.1. The average molecular weight is 461 g/mol. The minimum absolute atomic E-state index is 0.0939. The normalized spacial score (nSPS) is 17.7. The third-order valence-corrected chi connectivity index (χ3v) is 6.11. The van der Waals surface area contributed by atoms with Crippen LogP contribution in [0.25, 0.3) is 0 Å². The van der Waals surface area contributed by atoms with E-state index < -0.39 is 5.91 Å². The lowest BCUT2D eigenvalue weighted by Crippen LogP contribution is -2.42. The predicted octanol–water partition coefficient (Wildman–Crippen LogP) is 4.20. The summed E-state index contributed by atoms with van der Waals surface area (Å²) in [5.41, 5.74) is 16.1. The van der Waals surface area contributed by atoms with Crippen molar-refractivity contribution in [3.63, 3.8) is 0 Å². The number of amides is 1. The van der Waals surface area contributed by atoms with Crippen molar-refractivity contribution in [2.45, 2.75) is 58.2 Å². The van der Waals surface area contributed by atoms with Crippen molar-refractivity contribution in [2.24, 2.45) is 11.5 Å². The van der Waals surface area contributed by atoms with Gasteiger partial charge in [-0.1, -0.05) is 43.2 Å². The van der Waals surface area contributed by atoms with Gasteiger partial charge in [-0.15, -0.1) is 0 Å². The molecule has 3 aromatic rings. The fourth-order valence-electron chi connectivity index (χ4n) is 4.36. The molecule has 8 heteroatoms. The van der Waals surface area contributed by atoms with Gasteiger partial charge in [0.2, 0.25) is 0 Å². The molecule has 8 nitrogen and oxygen atoms in total. The number of pyridine rings is 2. The number of ether oxygens (including phenoxy) is 1. The first kappa shape index (κ1) is 23.5. The first-order valence-corrected chi connectivity index (χ1v) is 11.6. The van der Waals surface area contributed by atoms with Crippen LogP contribution in [0.1, 0.15) is 53.0 Å². The van der Waals surface area contributed by atoms with Gasteiger partial charge in [0.25, 0.3) is 5.91 Å². The van der Waals surface area contributed by atoms with E-state index in [0.29, 0.717) is 18.1 Å². The number of aryl methyl sites for hydroxylation is 2. The molecular formula is C26H32N6O2. The van der Waals surface area contributed by atoms with Crippen LogP contribution < -0.4 is 26.8 Å². The average Bonchev–Trinajstić information content (AvgIpc) is 2.81. The Bertz CT molecular complexity index is 1130. The topological polar surface area (TPSA) is 128 Å². The van der Waals surface area contributed by atoms with Gasteiger partial charge in [-0.25, -0.2) is 9.97 Å². The molecule has 1 aliphatic carbocycles. The number of nitrogens with two attached hydrogens (primary N) is 2. The predicted molar refractivity (Wildman–Crippen MR) is 134 cm³/mol. The highest BCUT2D eigenvalue weighted by atomic mass is 16.5. The number of anilines is 3. The summed E-state index contributed by atoms with van der Waals surface area (Å²) in [6.07, 6.45) is 5.92. The van der Waals surface area contributed by atoms with E-state index in [9.17, 15) is 4.79 Å². The number of rotatable bonds is 8. The summed E-state index contributed by atoms with van der Waals surface area (Å²) in [4.78, 5) is 21.0. The van der Waals surface area contributed by atoms with Crippen molar-refractivity contribution in [3.8, 4) is 5.75 Å².